The average molecular weight is 324 g/mol. The highest BCUT2D eigenvalue weighted by molar-refractivity contribution is 5.98. The number of anilines is 1. The molecular weight excluding hydrogens is 302 g/mol. The lowest BCUT2D eigenvalue weighted by Gasteiger charge is -2.18. The predicted octanol–water partition coefficient (Wildman–Crippen LogP) is 1.26. The van der Waals surface area contributed by atoms with Gasteiger partial charge in [0.15, 0.2) is 0 Å². The quantitative estimate of drug-likeness (QED) is 0.877. The number of carbonyl (C=O) groups excluding carboxylic acids is 2. The van der Waals surface area contributed by atoms with Gasteiger partial charge in [0, 0.05) is 24.7 Å². The second-order valence-electron chi connectivity index (χ2n) is 5.70. The zero-order chi connectivity index (χ0) is 14.7. The smallest absolute Gasteiger partial charge is 0.246 e. The van der Waals surface area contributed by atoms with E-state index in [-0.39, 0.29) is 36.8 Å². The Morgan fingerprint density at radius 2 is 2.14 bits per heavy atom. The van der Waals surface area contributed by atoms with Gasteiger partial charge in [0.25, 0.3) is 0 Å². The molecule has 0 aromatic heterocycles. The van der Waals surface area contributed by atoms with Crippen LogP contribution in [-0.4, -0.2) is 37.5 Å². The van der Waals surface area contributed by atoms with Gasteiger partial charge in [-0.15, -0.1) is 12.4 Å². The van der Waals surface area contributed by atoms with Gasteiger partial charge in [-0.25, -0.2) is 0 Å². The first kappa shape index (κ1) is 16.8. The lowest BCUT2D eigenvalue weighted by atomic mass is 10.1. The van der Waals surface area contributed by atoms with Crippen molar-refractivity contribution in [3.63, 3.8) is 0 Å². The largest absolute Gasteiger partial charge is 0.347 e. The number of halogens is 1. The molecule has 6 heteroatoms. The Bertz CT molecular complexity index is 544. The van der Waals surface area contributed by atoms with E-state index in [1.54, 1.807) is 4.90 Å². The fourth-order valence-corrected chi connectivity index (χ4v) is 3.09. The van der Waals surface area contributed by atoms with Crippen molar-refractivity contribution in [3.05, 3.63) is 29.8 Å². The van der Waals surface area contributed by atoms with Crippen molar-refractivity contribution in [2.45, 2.75) is 31.7 Å². The molecule has 0 spiro atoms. The lowest BCUT2D eigenvalue weighted by molar-refractivity contribution is -0.125. The molecule has 0 saturated carbocycles. The predicted molar refractivity (Wildman–Crippen MR) is 88.4 cm³/mol. The van der Waals surface area contributed by atoms with Crippen LogP contribution in [0.2, 0.25) is 0 Å². The molecule has 2 aliphatic rings. The molecular formula is C16H22ClN3O2. The van der Waals surface area contributed by atoms with E-state index in [1.165, 1.54) is 5.56 Å². The Morgan fingerprint density at radius 3 is 2.91 bits per heavy atom. The summed E-state index contributed by atoms with van der Waals surface area (Å²) >= 11 is 0. The molecule has 0 bridgehead atoms. The van der Waals surface area contributed by atoms with Crippen LogP contribution in [0.15, 0.2) is 24.3 Å². The Hall–Kier alpha value is -1.59. The normalized spacial score (nSPS) is 19.5. The zero-order valence-electron chi connectivity index (χ0n) is 12.5. The van der Waals surface area contributed by atoms with E-state index >= 15 is 0 Å². The van der Waals surface area contributed by atoms with Gasteiger partial charge in [-0.05, 0) is 37.4 Å². The van der Waals surface area contributed by atoms with E-state index in [0.29, 0.717) is 13.0 Å². The molecule has 1 saturated heterocycles. The standard InChI is InChI=1S/C16H21N3O2.ClH/c20-15(10-13-5-3-8-17-13)18-11-16(21)19-9-7-12-4-1-2-6-14(12)19;/h1-2,4,6,13,17H,3,5,7-11H2,(H,18,20);1H. The minimum absolute atomic E-state index is 0. The highest BCUT2D eigenvalue weighted by Gasteiger charge is 2.24. The molecule has 5 nitrogen and oxygen atoms in total. The molecule has 22 heavy (non-hydrogen) atoms. The summed E-state index contributed by atoms with van der Waals surface area (Å²) in [6.45, 7) is 1.78. The third-order valence-electron chi connectivity index (χ3n) is 4.22. The molecule has 1 unspecified atom stereocenters. The van der Waals surface area contributed by atoms with Crippen LogP contribution < -0.4 is 15.5 Å². The summed E-state index contributed by atoms with van der Waals surface area (Å²) in [5.41, 5.74) is 2.18. The van der Waals surface area contributed by atoms with Gasteiger partial charge in [0.05, 0.1) is 6.54 Å². The van der Waals surface area contributed by atoms with Crippen molar-refractivity contribution < 1.29 is 9.59 Å². The number of nitrogens with one attached hydrogen (secondary N) is 2. The van der Waals surface area contributed by atoms with Crippen LogP contribution in [-0.2, 0) is 16.0 Å². The average Bonchev–Trinajstić information content (AvgIpc) is 3.13. The van der Waals surface area contributed by atoms with Crippen LogP contribution in [0.4, 0.5) is 5.69 Å². The first-order valence-electron chi connectivity index (χ1n) is 7.62. The number of hydrogen-bond acceptors (Lipinski definition) is 3. The Balaban J connectivity index is 0.00000176. The SMILES string of the molecule is Cl.O=C(CC1CCCN1)NCC(=O)N1CCc2ccccc21. The summed E-state index contributed by atoms with van der Waals surface area (Å²) in [5, 5.41) is 6.03. The van der Waals surface area contributed by atoms with Crippen molar-refractivity contribution in [2.24, 2.45) is 0 Å². The fraction of sp³-hybridized carbons (Fsp3) is 0.500. The molecule has 0 aliphatic carbocycles. The van der Waals surface area contributed by atoms with E-state index in [9.17, 15) is 9.59 Å². The van der Waals surface area contributed by atoms with Crippen LogP contribution in [0.5, 0.6) is 0 Å². The summed E-state index contributed by atoms with van der Waals surface area (Å²) in [4.78, 5) is 25.9. The second kappa shape index (κ2) is 7.61. The van der Waals surface area contributed by atoms with Crippen molar-refractivity contribution in [3.8, 4) is 0 Å². The number of fused-ring (bicyclic) bond motifs is 1. The van der Waals surface area contributed by atoms with Crippen LogP contribution in [0.1, 0.15) is 24.8 Å². The van der Waals surface area contributed by atoms with Crippen LogP contribution in [0.3, 0.4) is 0 Å². The minimum atomic E-state index is -0.0461. The lowest BCUT2D eigenvalue weighted by Crippen LogP contribution is -2.41. The van der Waals surface area contributed by atoms with Crippen molar-refractivity contribution in [2.75, 3.05) is 24.5 Å². The highest BCUT2D eigenvalue weighted by Crippen LogP contribution is 2.27. The molecule has 2 aliphatic heterocycles. The van der Waals surface area contributed by atoms with Crippen molar-refractivity contribution in [1.82, 2.24) is 10.6 Å². The molecule has 1 aromatic rings. The maximum Gasteiger partial charge on any atom is 0.246 e. The summed E-state index contributed by atoms with van der Waals surface area (Å²) in [6.07, 6.45) is 3.52. The Labute approximate surface area is 136 Å². The topological polar surface area (TPSA) is 61.4 Å². The van der Waals surface area contributed by atoms with E-state index in [2.05, 4.69) is 10.6 Å². The van der Waals surface area contributed by atoms with Gasteiger partial charge in [-0.3, -0.25) is 9.59 Å². The third kappa shape index (κ3) is 3.78. The maximum atomic E-state index is 12.2. The number of nitrogens with zero attached hydrogens (tertiary/aromatic N) is 1. The number of benzene rings is 1. The Morgan fingerprint density at radius 1 is 1.32 bits per heavy atom. The molecule has 1 atom stereocenters. The minimum Gasteiger partial charge on any atom is -0.347 e. The molecule has 2 heterocycles. The number of para-hydroxylation sites is 1. The van der Waals surface area contributed by atoms with Crippen LogP contribution in [0, 0.1) is 0 Å². The number of carbonyl (C=O) groups is 2. The van der Waals surface area contributed by atoms with E-state index in [0.717, 1.165) is 31.5 Å². The van der Waals surface area contributed by atoms with Crippen LogP contribution in [0.25, 0.3) is 0 Å². The van der Waals surface area contributed by atoms with Gasteiger partial charge in [-0.1, -0.05) is 18.2 Å². The number of rotatable bonds is 4. The fourth-order valence-electron chi connectivity index (χ4n) is 3.09. The third-order valence-corrected chi connectivity index (χ3v) is 4.22. The van der Waals surface area contributed by atoms with Gasteiger partial charge in [-0.2, -0.15) is 0 Å². The van der Waals surface area contributed by atoms with Crippen molar-refractivity contribution in [1.29, 1.82) is 0 Å². The molecule has 2 amide bonds. The van der Waals surface area contributed by atoms with Gasteiger partial charge in [0.2, 0.25) is 11.8 Å². The number of amides is 2. The molecule has 3 rings (SSSR count). The second-order valence-corrected chi connectivity index (χ2v) is 5.70. The monoisotopic (exact) mass is 323 g/mol. The molecule has 1 aromatic carbocycles. The van der Waals surface area contributed by atoms with E-state index in [4.69, 9.17) is 0 Å². The summed E-state index contributed by atoms with van der Waals surface area (Å²) < 4.78 is 0. The van der Waals surface area contributed by atoms with Crippen molar-refractivity contribution >= 4 is 29.9 Å². The van der Waals surface area contributed by atoms with Gasteiger partial charge < -0.3 is 15.5 Å². The van der Waals surface area contributed by atoms with Gasteiger partial charge >= 0.3 is 0 Å². The summed E-state index contributed by atoms with van der Waals surface area (Å²) in [7, 11) is 0. The van der Waals surface area contributed by atoms with Crippen LogP contribution >= 0.6 is 12.4 Å². The first-order chi connectivity index (χ1) is 10.2. The summed E-state index contributed by atoms with van der Waals surface area (Å²) in [6, 6.07) is 8.21. The Kier molecular flexibility index (Phi) is 5.80. The molecule has 0 radical (unpaired) electrons. The highest BCUT2D eigenvalue weighted by atomic mass is 35.5. The molecule has 1 fully saturated rings. The summed E-state index contributed by atoms with van der Waals surface area (Å²) in [5.74, 6) is -0.0806. The maximum absolute atomic E-state index is 12.2. The van der Waals surface area contributed by atoms with E-state index in [1.807, 2.05) is 24.3 Å². The molecule has 120 valence electrons. The van der Waals surface area contributed by atoms with E-state index < -0.39 is 0 Å². The first-order valence-corrected chi connectivity index (χ1v) is 7.62. The number of hydrogen-bond donors (Lipinski definition) is 2. The molecule has 2 N–H and O–H groups in total. The van der Waals surface area contributed by atoms with Gasteiger partial charge in [0.1, 0.15) is 0 Å². The zero-order valence-corrected chi connectivity index (χ0v) is 13.3.